The summed E-state index contributed by atoms with van der Waals surface area (Å²) < 4.78 is 13.9. The van der Waals surface area contributed by atoms with Crippen molar-refractivity contribution in [1.82, 2.24) is 5.32 Å². The predicted molar refractivity (Wildman–Crippen MR) is 86.9 cm³/mol. The highest BCUT2D eigenvalue weighted by Gasteiger charge is 2.13. The number of hydrogen-bond donors (Lipinski definition) is 1. The molecule has 1 fully saturated rings. The van der Waals surface area contributed by atoms with E-state index < -0.39 is 0 Å². The summed E-state index contributed by atoms with van der Waals surface area (Å²) in [7, 11) is 0. The van der Waals surface area contributed by atoms with E-state index in [1.807, 2.05) is 41.4 Å². The molecule has 0 amide bonds. The Morgan fingerprint density at radius 1 is 1.20 bits per heavy atom. The first kappa shape index (κ1) is 14.1. The fourth-order valence-electron chi connectivity index (χ4n) is 2.47. The molecule has 1 aliphatic heterocycles. The summed E-state index contributed by atoms with van der Waals surface area (Å²) in [6, 6.07) is 10.0. The zero-order valence-corrected chi connectivity index (χ0v) is 12.9. The first-order valence-electron chi connectivity index (χ1n) is 6.96. The molecule has 1 nitrogen and oxygen atoms in total. The Bertz CT molecular complexity index is 548. The second-order valence-corrected chi connectivity index (χ2v) is 7.23. The fraction of sp³-hybridized carbons (Fsp3) is 0.375. The number of rotatable bonds is 4. The maximum Gasteiger partial charge on any atom is 0.131 e. The summed E-state index contributed by atoms with van der Waals surface area (Å²) >= 11 is 3.62. The van der Waals surface area contributed by atoms with Gasteiger partial charge in [0.15, 0.2) is 0 Å². The average Bonchev–Trinajstić information content (AvgIpc) is 3.01. The van der Waals surface area contributed by atoms with Crippen LogP contribution in [0.4, 0.5) is 4.39 Å². The molecule has 0 atom stereocenters. The van der Waals surface area contributed by atoms with Gasteiger partial charge in [0.05, 0.1) is 0 Å². The third kappa shape index (κ3) is 3.43. The van der Waals surface area contributed by atoms with E-state index >= 15 is 0 Å². The van der Waals surface area contributed by atoms with Crippen molar-refractivity contribution in [3.05, 3.63) is 47.1 Å². The van der Waals surface area contributed by atoms with E-state index in [0.717, 1.165) is 22.5 Å². The lowest BCUT2D eigenvalue weighted by Crippen LogP contribution is -2.32. The lowest BCUT2D eigenvalue weighted by atomic mass is 10.1. The summed E-state index contributed by atoms with van der Waals surface area (Å²) in [4.78, 5) is 0.999. The maximum atomic E-state index is 13.9. The molecule has 0 aliphatic carbocycles. The smallest absolute Gasteiger partial charge is 0.131 e. The number of halogens is 1. The van der Waals surface area contributed by atoms with Crippen LogP contribution in [0.15, 0.2) is 35.7 Å². The second-order valence-electron chi connectivity index (χ2n) is 5.06. The largest absolute Gasteiger partial charge is 0.310 e. The highest BCUT2D eigenvalue weighted by molar-refractivity contribution is 7.99. The molecule has 1 N–H and O–H groups in total. The van der Waals surface area contributed by atoms with E-state index in [1.165, 1.54) is 24.3 Å². The van der Waals surface area contributed by atoms with Crippen molar-refractivity contribution in [3.63, 3.8) is 0 Å². The third-order valence-electron chi connectivity index (χ3n) is 3.63. The quantitative estimate of drug-likeness (QED) is 0.890. The Morgan fingerprint density at radius 3 is 2.80 bits per heavy atom. The zero-order valence-electron chi connectivity index (χ0n) is 11.3. The van der Waals surface area contributed by atoms with E-state index in [9.17, 15) is 4.39 Å². The Kier molecular flexibility index (Phi) is 4.76. The van der Waals surface area contributed by atoms with Gasteiger partial charge < -0.3 is 5.32 Å². The molecular weight excluding hydrogens is 289 g/mol. The van der Waals surface area contributed by atoms with E-state index in [1.54, 1.807) is 17.4 Å². The van der Waals surface area contributed by atoms with Crippen LogP contribution in [0.25, 0.3) is 10.4 Å². The first-order valence-corrected chi connectivity index (χ1v) is 9.00. The fourth-order valence-corrected chi connectivity index (χ4v) is 4.32. The molecular formula is C16H18FNS2. The molecule has 106 valence electrons. The Balaban J connectivity index is 1.69. The van der Waals surface area contributed by atoms with E-state index in [0.29, 0.717) is 6.04 Å². The van der Waals surface area contributed by atoms with Crippen molar-refractivity contribution >= 4 is 23.1 Å². The molecule has 0 spiro atoms. The molecule has 1 aromatic heterocycles. The lowest BCUT2D eigenvalue weighted by molar-refractivity contribution is 0.482. The summed E-state index contributed by atoms with van der Waals surface area (Å²) in [5.74, 6) is 2.37. The maximum absolute atomic E-state index is 13.9. The monoisotopic (exact) mass is 307 g/mol. The minimum atomic E-state index is -0.134. The topological polar surface area (TPSA) is 12.0 Å². The van der Waals surface area contributed by atoms with Crippen LogP contribution in [0, 0.1) is 5.82 Å². The molecule has 3 rings (SSSR count). The minimum absolute atomic E-state index is 0.134. The Labute approximate surface area is 127 Å². The summed E-state index contributed by atoms with van der Waals surface area (Å²) in [5.41, 5.74) is 1.88. The van der Waals surface area contributed by atoms with Crippen molar-refractivity contribution in [2.75, 3.05) is 11.5 Å². The molecule has 4 heteroatoms. The Hall–Kier alpha value is -0.840. The van der Waals surface area contributed by atoms with Gasteiger partial charge in [-0.3, -0.25) is 0 Å². The van der Waals surface area contributed by atoms with Crippen molar-refractivity contribution in [3.8, 4) is 10.4 Å². The van der Waals surface area contributed by atoms with Crippen LogP contribution in [0.5, 0.6) is 0 Å². The van der Waals surface area contributed by atoms with E-state index in [-0.39, 0.29) is 5.82 Å². The van der Waals surface area contributed by atoms with Crippen LogP contribution in [-0.2, 0) is 6.54 Å². The average molecular weight is 307 g/mol. The van der Waals surface area contributed by atoms with Gasteiger partial charge in [-0.05, 0) is 53.5 Å². The van der Waals surface area contributed by atoms with Crippen LogP contribution in [0.1, 0.15) is 18.4 Å². The van der Waals surface area contributed by atoms with Crippen molar-refractivity contribution in [2.24, 2.45) is 0 Å². The highest BCUT2D eigenvalue weighted by Crippen LogP contribution is 2.28. The first-order chi connectivity index (χ1) is 9.83. The highest BCUT2D eigenvalue weighted by atomic mass is 32.2. The number of hydrogen-bond acceptors (Lipinski definition) is 3. The van der Waals surface area contributed by atoms with Gasteiger partial charge in [-0.25, -0.2) is 4.39 Å². The van der Waals surface area contributed by atoms with Crippen LogP contribution in [0.2, 0.25) is 0 Å². The normalized spacial score (nSPS) is 16.4. The van der Waals surface area contributed by atoms with Crippen LogP contribution in [0.3, 0.4) is 0 Å². The van der Waals surface area contributed by atoms with Crippen molar-refractivity contribution < 1.29 is 4.39 Å². The number of thioether (sulfide) groups is 1. The molecule has 1 saturated heterocycles. The van der Waals surface area contributed by atoms with Crippen molar-refractivity contribution in [2.45, 2.75) is 25.4 Å². The molecule has 0 saturated carbocycles. The van der Waals surface area contributed by atoms with Gasteiger partial charge in [-0.1, -0.05) is 12.1 Å². The third-order valence-corrected chi connectivity index (χ3v) is 5.59. The van der Waals surface area contributed by atoms with Crippen LogP contribution < -0.4 is 5.32 Å². The minimum Gasteiger partial charge on any atom is -0.310 e. The van der Waals surface area contributed by atoms with E-state index in [4.69, 9.17) is 0 Å². The van der Waals surface area contributed by atoms with Gasteiger partial charge in [0.1, 0.15) is 5.82 Å². The molecule has 0 radical (unpaired) electrons. The molecule has 0 unspecified atom stereocenters. The molecule has 2 aromatic rings. The molecule has 2 heterocycles. The van der Waals surface area contributed by atoms with Gasteiger partial charge in [0.25, 0.3) is 0 Å². The number of nitrogens with one attached hydrogen (secondary N) is 1. The summed E-state index contributed by atoms with van der Waals surface area (Å²) in [6.45, 7) is 0.827. The van der Waals surface area contributed by atoms with Crippen LogP contribution in [-0.4, -0.2) is 17.5 Å². The molecule has 1 aromatic carbocycles. The zero-order chi connectivity index (χ0) is 13.8. The Morgan fingerprint density at radius 2 is 2.05 bits per heavy atom. The summed E-state index contributed by atoms with van der Waals surface area (Å²) in [5, 5.41) is 5.58. The van der Waals surface area contributed by atoms with Crippen molar-refractivity contribution in [1.29, 1.82) is 0 Å². The second kappa shape index (κ2) is 6.74. The molecule has 20 heavy (non-hydrogen) atoms. The number of thiophene rings is 1. The van der Waals surface area contributed by atoms with Gasteiger partial charge in [-0.15, -0.1) is 11.3 Å². The predicted octanol–water partition coefficient (Wildman–Crippen LogP) is 4.54. The van der Waals surface area contributed by atoms with Gasteiger partial charge in [-0.2, -0.15) is 11.8 Å². The number of benzene rings is 1. The lowest BCUT2D eigenvalue weighted by Gasteiger charge is -2.22. The van der Waals surface area contributed by atoms with E-state index in [2.05, 4.69) is 5.32 Å². The molecule has 0 bridgehead atoms. The SMILES string of the molecule is Fc1ccc(CNC2CCSCC2)cc1-c1cccs1. The molecule has 1 aliphatic rings. The van der Waals surface area contributed by atoms with Gasteiger partial charge >= 0.3 is 0 Å². The van der Waals surface area contributed by atoms with Gasteiger partial charge in [0.2, 0.25) is 0 Å². The van der Waals surface area contributed by atoms with Gasteiger partial charge in [0, 0.05) is 23.0 Å². The van der Waals surface area contributed by atoms with Crippen LogP contribution >= 0.6 is 23.1 Å². The summed E-state index contributed by atoms with van der Waals surface area (Å²) in [6.07, 6.45) is 2.48. The standard InChI is InChI=1S/C16H18FNS2/c17-15-4-3-12(10-14(15)16-2-1-7-20-16)11-18-13-5-8-19-9-6-13/h1-4,7,10,13,18H,5-6,8-9,11H2.